The zero-order valence-corrected chi connectivity index (χ0v) is 8.70. The van der Waals surface area contributed by atoms with Crippen molar-refractivity contribution in [3.63, 3.8) is 0 Å². The lowest BCUT2D eigenvalue weighted by Crippen LogP contribution is -2.13. The van der Waals surface area contributed by atoms with E-state index in [4.69, 9.17) is 9.63 Å². The van der Waals surface area contributed by atoms with Gasteiger partial charge in [0.05, 0.1) is 6.20 Å². The molecule has 0 spiro atoms. The molecule has 0 fully saturated rings. The summed E-state index contributed by atoms with van der Waals surface area (Å²) in [6.45, 7) is 6.04. The Morgan fingerprint density at radius 1 is 1.57 bits per heavy atom. The van der Waals surface area contributed by atoms with E-state index in [9.17, 15) is 4.79 Å². The number of aryl methyl sites for hydroxylation is 1. The van der Waals surface area contributed by atoms with Crippen LogP contribution in [-0.4, -0.2) is 16.2 Å². The highest BCUT2D eigenvalue weighted by atomic mass is 16.5. The molecule has 4 nitrogen and oxygen atoms in total. The van der Waals surface area contributed by atoms with Crippen molar-refractivity contribution in [2.24, 2.45) is 0 Å². The summed E-state index contributed by atoms with van der Waals surface area (Å²) in [4.78, 5) is 10.4. The van der Waals surface area contributed by atoms with Crippen LogP contribution in [0.15, 0.2) is 10.7 Å². The van der Waals surface area contributed by atoms with Crippen LogP contribution in [0.1, 0.15) is 38.5 Å². The first-order chi connectivity index (χ1) is 6.41. The van der Waals surface area contributed by atoms with Crippen LogP contribution >= 0.6 is 0 Å². The first-order valence-corrected chi connectivity index (χ1v) is 4.57. The number of aromatic nitrogens is 1. The lowest BCUT2D eigenvalue weighted by atomic mass is 9.89. The molecule has 1 N–H and O–H groups in total. The summed E-state index contributed by atoms with van der Waals surface area (Å²) in [7, 11) is 0. The Balaban J connectivity index is 2.78. The van der Waals surface area contributed by atoms with E-state index in [0.29, 0.717) is 6.42 Å². The number of nitrogens with zero attached hydrogens (tertiary/aromatic N) is 1. The summed E-state index contributed by atoms with van der Waals surface area (Å²) < 4.78 is 5.12. The molecule has 1 heterocycles. The van der Waals surface area contributed by atoms with Gasteiger partial charge in [-0.15, -0.1) is 0 Å². The quantitative estimate of drug-likeness (QED) is 0.804. The molecule has 0 amide bonds. The van der Waals surface area contributed by atoms with Crippen molar-refractivity contribution in [3.8, 4) is 0 Å². The number of hydrogen-bond donors (Lipinski definition) is 1. The molecule has 14 heavy (non-hydrogen) atoms. The molecular formula is C10H15NO3. The highest BCUT2D eigenvalue weighted by Crippen LogP contribution is 2.26. The molecular weight excluding hydrogens is 182 g/mol. The Kier molecular flexibility index (Phi) is 2.93. The zero-order valence-electron chi connectivity index (χ0n) is 8.70. The van der Waals surface area contributed by atoms with E-state index >= 15 is 0 Å². The van der Waals surface area contributed by atoms with Crippen LogP contribution in [0.4, 0.5) is 0 Å². The Morgan fingerprint density at radius 2 is 2.21 bits per heavy atom. The van der Waals surface area contributed by atoms with Crippen molar-refractivity contribution >= 4 is 5.97 Å². The fourth-order valence-corrected chi connectivity index (χ4v) is 1.30. The van der Waals surface area contributed by atoms with Gasteiger partial charge in [-0.25, -0.2) is 0 Å². The first-order valence-electron chi connectivity index (χ1n) is 4.57. The Labute approximate surface area is 82.9 Å². The molecule has 1 rings (SSSR count). The summed E-state index contributed by atoms with van der Waals surface area (Å²) in [5.74, 6) is -0.0233. The van der Waals surface area contributed by atoms with Gasteiger partial charge in [-0.1, -0.05) is 25.9 Å². The van der Waals surface area contributed by atoms with Crippen LogP contribution < -0.4 is 0 Å². The third kappa shape index (κ3) is 2.58. The Morgan fingerprint density at radius 3 is 2.71 bits per heavy atom. The molecule has 4 heteroatoms. The van der Waals surface area contributed by atoms with Crippen LogP contribution in [0.3, 0.4) is 0 Å². The van der Waals surface area contributed by atoms with Gasteiger partial charge in [-0.3, -0.25) is 4.79 Å². The third-order valence-electron chi connectivity index (χ3n) is 1.93. The van der Waals surface area contributed by atoms with E-state index in [2.05, 4.69) is 5.16 Å². The molecule has 0 aliphatic heterocycles. The van der Waals surface area contributed by atoms with E-state index < -0.39 is 5.97 Å². The Bertz CT molecular complexity index is 322. The van der Waals surface area contributed by atoms with Crippen LogP contribution in [0.5, 0.6) is 0 Å². The monoisotopic (exact) mass is 197 g/mol. The second kappa shape index (κ2) is 3.82. The van der Waals surface area contributed by atoms with Gasteiger partial charge in [0.15, 0.2) is 0 Å². The average Bonchev–Trinajstić information content (AvgIpc) is 2.46. The second-order valence-corrected chi connectivity index (χ2v) is 4.32. The number of carbonyl (C=O) groups is 1. The lowest BCUT2D eigenvalue weighted by molar-refractivity contribution is -0.136. The maximum atomic E-state index is 10.4. The van der Waals surface area contributed by atoms with Gasteiger partial charge in [0.25, 0.3) is 0 Å². The van der Waals surface area contributed by atoms with Gasteiger partial charge in [0, 0.05) is 17.4 Å². The fourth-order valence-electron chi connectivity index (χ4n) is 1.30. The highest BCUT2D eigenvalue weighted by Gasteiger charge is 2.22. The van der Waals surface area contributed by atoms with Crippen LogP contribution in [0.25, 0.3) is 0 Å². The van der Waals surface area contributed by atoms with Crippen molar-refractivity contribution in [1.29, 1.82) is 0 Å². The minimum absolute atomic E-state index is 0.115. The van der Waals surface area contributed by atoms with Gasteiger partial charge in [-0.05, 0) is 6.42 Å². The highest BCUT2D eigenvalue weighted by molar-refractivity contribution is 5.67. The molecule has 0 unspecified atom stereocenters. The van der Waals surface area contributed by atoms with Crippen LogP contribution in [-0.2, 0) is 16.6 Å². The molecule has 0 aromatic carbocycles. The molecule has 0 saturated heterocycles. The molecule has 1 aromatic rings. The zero-order chi connectivity index (χ0) is 10.8. The van der Waals surface area contributed by atoms with E-state index in [1.807, 2.05) is 20.8 Å². The molecule has 0 bridgehead atoms. The maximum absolute atomic E-state index is 10.4. The third-order valence-corrected chi connectivity index (χ3v) is 1.93. The maximum Gasteiger partial charge on any atom is 0.303 e. The minimum atomic E-state index is -0.800. The summed E-state index contributed by atoms with van der Waals surface area (Å²) >= 11 is 0. The number of hydrogen-bond acceptors (Lipinski definition) is 3. The standard InChI is InChI=1S/C10H15NO3/c1-10(2,3)9-7(6-11-14-9)4-5-8(12)13/h6H,4-5H2,1-3H3,(H,12,13). The predicted octanol–water partition coefficient (Wildman–Crippen LogP) is 1.99. The van der Waals surface area contributed by atoms with Crippen molar-refractivity contribution in [3.05, 3.63) is 17.5 Å². The first kappa shape index (κ1) is 10.8. The molecule has 0 aliphatic carbocycles. The Hall–Kier alpha value is -1.32. The predicted molar refractivity (Wildman–Crippen MR) is 51.2 cm³/mol. The lowest BCUT2D eigenvalue weighted by Gasteiger charge is -2.15. The van der Waals surface area contributed by atoms with Crippen LogP contribution in [0, 0.1) is 0 Å². The SMILES string of the molecule is CC(C)(C)c1oncc1CCC(=O)O. The molecule has 78 valence electrons. The normalized spacial score (nSPS) is 11.6. The number of carboxylic acids is 1. The van der Waals surface area contributed by atoms with Crippen molar-refractivity contribution < 1.29 is 14.4 Å². The molecule has 0 aliphatic rings. The minimum Gasteiger partial charge on any atom is -0.481 e. The van der Waals surface area contributed by atoms with E-state index in [1.54, 1.807) is 6.20 Å². The molecule has 0 radical (unpaired) electrons. The van der Waals surface area contributed by atoms with Gasteiger partial charge >= 0.3 is 5.97 Å². The van der Waals surface area contributed by atoms with E-state index in [0.717, 1.165) is 11.3 Å². The van der Waals surface area contributed by atoms with Gasteiger partial charge in [0.1, 0.15) is 5.76 Å². The molecule has 0 saturated carbocycles. The van der Waals surface area contributed by atoms with E-state index in [1.165, 1.54) is 0 Å². The van der Waals surface area contributed by atoms with Gasteiger partial charge in [-0.2, -0.15) is 0 Å². The van der Waals surface area contributed by atoms with Gasteiger partial charge < -0.3 is 9.63 Å². The van der Waals surface area contributed by atoms with Crippen molar-refractivity contribution in [2.45, 2.75) is 39.0 Å². The summed E-state index contributed by atoms with van der Waals surface area (Å²) in [5, 5.41) is 12.3. The second-order valence-electron chi connectivity index (χ2n) is 4.32. The summed E-state index contributed by atoms with van der Waals surface area (Å²) in [6.07, 6.45) is 2.19. The average molecular weight is 197 g/mol. The summed E-state index contributed by atoms with van der Waals surface area (Å²) in [6, 6.07) is 0. The van der Waals surface area contributed by atoms with Crippen LogP contribution in [0.2, 0.25) is 0 Å². The largest absolute Gasteiger partial charge is 0.481 e. The molecule has 0 atom stereocenters. The number of aliphatic carboxylic acids is 1. The summed E-state index contributed by atoms with van der Waals surface area (Å²) in [5.41, 5.74) is 0.768. The topological polar surface area (TPSA) is 63.3 Å². The van der Waals surface area contributed by atoms with Crippen molar-refractivity contribution in [2.75, 3.05) is 0 Å². The smallest absolute Gasteiger partial charge is 0.303 e. The van der Waals surface area contributed by atoms with Crippen molar-refractivity contribution in [1.82, 2.24) is 5.16 Å². The van der Waals surface area contributed by atoms with E-state index in [-0.39, 0.29) is 11.8 Å². The number of rotatable bonds is 3. The fraction of sp³-hybridized carbons (Fsp3) is 0.600. The molecule has 1 aromatic heterocycles. The van der Waals surface area contributed by atoms with Gasteiger partial charge in [0.2, 0.25) is 0 Å². The number of carboxylic acid groups (broad SMARTS) is 1.